The van der Waals surface area contributed by atoms with E-state index in [-0.39, 0.29) is 57.4 Å². The summed E-state index contributed by atoms with van der Waals surface area (Å²) in [6, 6.07) is 5.10. The molecule has 10 heteroatoms. The molecule has 124 valence electrons. The fourth-order valence-electron chi connectivity index (χ4n) is 2.30. The molecular weight excluding hydrogens is 363 g/mol. The molecule has 3 N–H and O–H groups in total. The van der Waals surface area contributed by atoms with Crippen molar-refractivity contribution in [2.75, 3.05) is 0 Å². The first kappa shape index (κ1) is 19.3. The van der Waals surface area contributed by atoms with Crippen molar-refractivity contribution < 1.29 is 62.3 Å². The summed E-state index contributed by atoms with van der Waals surface area (Å²) in [4.78, 5) is 11.6. The number of phenolic OH excluding ortho intramolecular Hbond substituents is 3. The smallest absolute Gasteiger partial charge is 0.744 e. The summed E-state index contributed by atoms with van der Waals surface area (Å²) >= 11 is 0. The van der Waals surface area contributed by atoms with Crippen molar-refractivity contribution in [3.63, 3.8) is 0 Å². The zero-order valence-electron chi connectivity index (χ0n) is 12.8. The molecule has 0 bridgehead atoms. The molecule has 0 aliphatic carbocycles. The van der Waals surface area contributed by atoms with Crippen LogP contribution in [-0.4, -0.2) is 28.3 Å². The standard InChI is InChI=1S/C15H10O8S.Na/c16-8-4-11(18)14-12(5-8)23-6-9(15(14)19)7-1-2-10(17)13(3-7)24(20,21)22;/h1-6,16-18H,(H,20,21,22);/q;+1/p-1. The Hall–Kier alpha value is -2.04. The summed E-state index contributed by atoms with van der Waals surface area (Å²) in [5.41, 5.74) is -0.899. The SMILES string of the molecule is O=c1c(-c2ccc(O)c(S(=O)(=O)[O-])c2)coc2cc(O)cc(O)c12.[Na+]. The molecule has 8 nitrogen and oxygen atoms in total. The van der Waals surface area contributed by atoms with E-state index < -0.39 is 31.9 Å². The predicted molar refractivity (Wildman–Crippen MR) is 80.9 cm³/mol. The van der Waals surface area contributed by atoms with Crippen LogP contribution in [0.4, 0.5) is 0 Å². The monoisotopic (exact) mass is 372 g/mol. The molecule has 3 rings (SSSR count). The third-order valence-electron chi connectivity index (χ3n) is 3.38. The van der Waals surface area contributed by atoms with Gasteiger partial charge in [-0.2, -0.15) is 0 Å². The number of hydrogen-bond donors (Lipinski definition) is 3. The molecule has 25 heavy (non-hydrogen) atoms. The van der Waals surface area contributed by atoms with Crippen LogP contribution in [0.1, 0.15) is 0 Å². The maximum absolute atomic E-state index is 12.5. The minimum absolute atomic E-state index is 0. The maximum Gasteiger partial charge on any atom is 1.00 e. The summed E-state index contributed by atoms with van der Waals surface area (Å²) in [7, 11) is -4.95. The molecule has 0 saturated carbocycles. The summed E-state index contributed by atoms with van der Waals surface area (Å²) < 4.78 is 38.6. The molecule has 2 aromatic carbocycles. The van der Waals surface area contributed by atoms with Crippen molar-refractivity contribution in [3.8, 4) is 28.4 Å². The van der Waals surface area contributed by atoms with Crippen LogP contribution in [0.15, 0.2) is 50.7 Å². The van der Waals surface area contributed by atoms with E-state index in [1.54, 1.807) is 0 Å². The Bertz CT molecular complexity index is 1130. The normalized spacial score (nSPS) is 11.2. The number of rotatable bonds is 2. The average Bonchev–Trinajstić information content (AvgIpc) is 2.46. The summed E-state index contributed by atoms with van der Waals surface area (Å²) in [6.07, 6.45) is 0.997. The molecule has 0 atom stereocenters. The third kappa shape index (κ3) is 3.51. The number of hydrogen-bond acceptors (Lipinski definition) is 8. The van der Waals surface area contributed by atoms with Crippen LogP contribution in [0.2, 0.25) is 0 Å². The second-order valence-corrected chi connectivity index (χ2v) is 6.30. The van der Waals surface area contributed by atoms with Crippen LogP contribution in [-0.2, 0) is 10.1 Å². The Kier molecular flexibility index (Phi) is 5.17. The van der Waals surface area contributed by atoms with Gasteiger partial charge in [0.2, 0.25) is 5.43 Å². The van der Waals surface area contributed by atoms with E-state index in [1.807, 2.05) is 0 Å². The number of aromatic hydroxyl groups is 3. The molecule has 1 heterocycles. The van der Waals surface area contributed by atoms with E-state index in [0.29, 0.717) is 0 Å². The number of benzene rings is 2. The second-order valence-electron chi connectivity index (χ2n) is 4.95. The molecule has 0 radical (unpaired) electrons. The predicted octanol–water partition coefficient (Wildman–Crippen LogP) is -1.52. The fourth-order valence-corrected chi connectivity index (χ4v) is 2.89. The average molecular weight is 372 g/mol. The van der Waals surface area contributed by atoms with Crippen LogP contribution in [0.3, 0.4) is 0 Å². The molecular formula is C15H9NaO8S. The van der Waals surface area contributed by atoms with Crippen molar-refractivity contribution in [1.82, 2.24) is 0 Å². The van der Waals surface area contributed by atoms with Gasteiger partial charge in [-0.15, -0.1) is 0 Å². The Morgan fingerprint density at radius 3 is 2.32 bits per heavy atom. The van der Waals surface area contributed by atoms with Crippen LogP contribution in [0, 0.1) is 0 Å². The zero-order valence-corrected chi connectivity index (χ0v) is 15.6. The number of fused-ring (bicyclic) bond motifs is 1. The van der Waals surface area contributed by atoms with Crippen molar-refractivity contribution in [3.05, 3.63) is 46.8 Å². The second kappa shape index (κ2) is 6.70. The first-order valence-electron chi connectivity index (χ1n) is 6.45. The van der Waals surface area contributed by atoms with Crippen molar-refractivity contribution >= 4 is 21.1 Å². The summed E-state index contributed by atoms with van der Waals surface area (Å²) in [6.45, 7) is 0. The maximum atomic E-state index is 12.5. The fraction of sp³-hybridized carbons (Fsp3) is 0. The first-order chi connectivity index (χ1) is 11.2. The molecule has 0 aliphatic heterocycles. The van der Waals surface area contributed by atoms with Crippen LogP contribution < -0.4 is 35.0 Å². The Morgan fingerprint density at radius 1 is 1.00 bits per heavy atom. The zero-order chi connectivity index (χ0) is 17.6. The van der Waals surface area contributed by atoms with E-state index in [1.165, 1.54) is 6.07 Å². The van der Waals surface area contributed by atoms with Crippen molar-refractivity contribution in [2.24, 2.45) is 0 Å². The van der Waals surface area contributed by atoms with Gasteiger partial charge >= 0.3 is 29.6 Å². The minimum Gasteiger partial charge on any atom is -0.744 e. The molecule has 0 saturated heterocycles. The summed E-state index contributed by atoms with van der Waals surface area (Å²) in [5, 5.41) is 28.5. The van der Waals surface area contributed by atoms with Gasteiger partial charge < -0.3 is 24.3 Å². The van der Waals surface area contributed by atoms with Gasteiger partial charge in [0.15, 0.2) is 0 Å². The van der Waals surface area contributed by atoms with Gasteiger partial charge in [0.1, 0.15) is 44.6 Å². The van der Waals surface area contributed by atoms with Gasteiger partial charge in [-0.05, 0) is 17.7 Å². The van der Waals surface area contributed by atoms with Gasteiger partial charge in [-0.1, -0.05) is 6.07 Å². The van der Waals surface area contributed by atoms with Gasteiger partial charge in [0.25, 0.3) is 0 Å². The molecule has 0 amide bonds. The quantitative estimate of drug-likeness (QED) is 0.363. The van der Waals surface area contributed by atoms with Gasteiger partial charge in [0.05, 0.1) is 10.5 Å². The van der Waals surface area contributed by atoms with Crippen molar-refractivity contribution in [1.29, 1.82) is 0 Å². The first-order valence-corrected chi connectivity index (χ1v) is 7.86. The topological polar surface area (TPSA) is 148 Å². The Morgan fingerprint density at radius 2 is 1.68 bits per heavy atom. The van der Waals surface area contributed by atoms with Crippen LogP contribution in [0.25, 0.3) is 22.1 Å². The van der Waals surface area contributed by atoms with Crippen LogP contribution >= 0.6 is 0 Å². The van der Waals surface area contributed by atoms with E-state index in [0.717, 1.165) is 30.5 Å². The molecule has 3 aromatic rings. The van der Waals surface area contributed by atoms with E-state index in [9.17, 15) is 33.1 Å². The molecule has 1 aromatic heterocycles. The Labute approximate surface area is 163 Å². The van der Waals surface area contributed by atoms with Crippen molar-refractivity contribution in [2.45, 2.75) is 4.90 Å². The van der Waals surface area contributed by atoms with Gasteiger partial charge in [0, 0.05) is 12.1 Å². The van der Waals surface area contributed by atoms with Gasteiger partial charge in [-0.3, -0.25) is 4.79 Å². The number of phenols is 3. The molecule has 0 aliphatic rings. The van der Waals surface area contributed by atoms with E-state index >= 15 is 0 Å². The van der Waals surface area contributed by atoms with Gasteiger partial charge in [-0.25, -0.2) is 8.42 Å². The molecule has 0 unspecified atom stereocenters. The Balaban J connectivity index is 0.00000225. The van der Waals surface area contributed by atoms with E-state index in [4.69, 9.17) is 4.42 Å². The van der Waals surface area contributed by atoms with Crippen LogP contribution in [0.5, 0.6) is 17.2 Å². The minimum atomic E-state index is -4.95. The van der Waals surface area contributed by atoms with E-state index in [2.05, 4.69) is 0 Å². The molecule has 0 fully saturated rings. The molecule has 0 spiro atoms. The third-order valence-corrected chi connectivity index (χ3v) is 4.25. The summed E-state index contributed by atoms with van der Waals surface area (Å²) in [5.74, 6) is -1.57. The largest absolute Gasteiger partial charge is 1.00 e.